The van der Waals surface area contributed by atoms with Crippen LogP contribution in [0.2, 0.25) is 0 Å². The minimum atomic E-state index is -4.17. The van der Waals surface area contributed by atoms with Crippen LogP contribution in [0.3, 0.4) is 0 Å². The van der Waals surface area contributed by atoms with Gasteiger partial charge in [-0.1, -0.05) is 90.0 Å². The number of hydrogen-bond donors (Lipinski definition) is 0. The van der Waals surface area contributed by atoms with Crippen molar-refractivity contribution < 1.29 is 12.8 Å². The molecule has 0 N–H and O–H groups in total. The predicted molar refractivity (Wildman–Crippen MR) is 153 cm³/mol. The summed E-state index contributed by atoms with van der Waals surface area (Å²) in [4.78, 5) is 17.8. The van der Waals surface area contributed by atoms with Crippen molar-refractivity contribution in [2.75, 3.05) is 0 Å². The summed E-state index contributed by atoms with van der Waals surface area (Å²) in [6.07, 6.45) is 0. The van der Waals surface area contributed by atoms with Crippen LogP contribution >= 0.6 is 0 Å². The van der Waals surface area contributed by atoms with Crippen molar-refractivity contribution >= 4 is 21.0 Å². The molecule has 6 nitrogen and oxygen atoms in total. The van der Waals surface area contributed by atoms with E-state index in [-0.39, 0.29) is 10.7 Å². The lowest BCUT2D eigenvalue weighted by Gasteiger charge is -2.15. The summed E-state index contributed by atoms with van der Waals surface area (Å²) in [5, 5.41) is 0.596. The minimum Gasteiger partial charge on any atom is -0.423 e. The van der Waals surface area contributed by atoms with E-state index in [1.807, 2.05) is 86.6 Å². The van der Waals surface area contributed by atoms with Crippen LogP contribution in [-0.4, -0.2) is 17.4 Å². The van der Waals surface area contributed by atoms with Gasteiger partial charge in [0.1, 0.15) is 5.58 Å². The number of nitrogens with zero attached hydrogens (tertiary/aromatic N) is 2. The van der Waals surface area contributed by atoms with Gasteiger partial charge >= 0.3 is 5.63 Å². The zero-order chi connectivity index (χ0) is 27.1. The third-order valence-electron chi connectivity index (χ3n) is 6.63. The summed E-state index contributed by atoms with van der Waals surface area (Å²) >= 11 is 0. The summed E-state index contributed by atoms with van der Waals surface area (Å²) in [6, 6.07) is 32.2. The van der Waals surface area contributed by atoms with E-state index in [4.69, 9.17) is 9.40 Å². The van der Waals surface area contributed by atoms with Crippen LogP contribution in [0.25, 0.3) is 44.9 Å². The molecule has 0 radical (unpaired) electrons. The Balaban J connectivity index is 1.80. The van der Waals surface area contributed by atoms with E-state index >= 15 is 0 Å². The summed E-state index contributed by atoms with van der Waals surface area (Å²) < 4.78 is 35.7. The lowest BCUT2D eigenvalue weighted by atomic mass is 10.1. The van der Waals surface area contributed by atoms with Crippen molar-refractivity contribution in [3.05, 3.63) is 131 Å². The maximum Gasteiger partial charge on any atom is 0.336 e. The highest BCUT2D eigenvalue weighted by molar-refractivity contribution is 7.90. The lowest BCUT2D eigenvalue weighted by molar-refractivity contribution is 0.561. The SMILES string of the molecule is Cc1ccc(S(=O)(=O)n2c(-c3cc(=O)oc4ccc(C)cc34)nc(-c3ccccc3)c2-c2ccccc2)cc1. The Kier molecular flexibility index (Phi) is 6.00. The van der Waals surface area contributed by atoms with Crippen molar-refractivity contribution in [1.82, 2.24) is 8.96 Å². The quantitative estimate of drug-likeness (QED) is 0.227. The van der Waals surface area contributed by atoms with Gasteiger partial charge < -0.3 is 4.42 Å². The fourth-order valence-electron chi connectivity index (χ4n) is 4.73. The first kappa shape index (κ1) is 24.6. The van der Waals surface area contributed by atoms with Crippen molar-refractivity contribution in [3.8, 4) is 33.9 Å². The molecule has 7 heteroatoms. The second-order valence-electron chi connectivity index (χ2n) is 9.43. The average Bonchev–Trinajstić information content (AvgIpc) is 3.36. The van der Waals surface area contributed by atoms with Crippen molar-refractivity contribution in [1.29, 1.82) is 0 Å². The largest absolute Gasteiger partial charge is 0.423 e. The van der Waals surface area contributed by atoms with Crippen LogP contribution in [0.15, 0.2) is 123 Å². The van der Waals surface area contributed by atoms with E-state index in [2.05, 4.69) is 0 Å². The third-order valence-corrected chi connectivity index (χ3v) is 8.33. The van der Waals surface area contributed by atoms with Gasteiger partial charge in [0.15, 0.2) is 5.82 Å². The highest BCUT2D eigenvalue weighted by atomic mass is 32.2. The first-order valence-electron chi connectivity index (χ1n) is 12.4. The Morgan fingerprint density at radius 2 is 1.33 bits per heavy atom. The van der Waals surface area contributed by atoms with Gasteiger partial charge in [-0.2, -0.15) is 0 Å². The molecule has 39 heavy (non-hydrogen) atoms. The molecule has 2 aromatic heterocycles. The zero-order valence-electron chi connectivity index (χ0n) is 21.3. The number of rotatable bonds is 5. The van der Waals surface area contributed by atoms with E-state index in [1.165, 1.54) is 10.0 Å². The molecule has 0 saturated heterocycles. The summed E-state index contributed by atoms with van der Waals surface area (Å²) in [5.41, 5.74) is 4.33. The fraction of sp³-hybridized carbons (Fsp3) is 0.0625. The van der Waals surface area contributed by atoms with Gasteiger partial charge in [-0.3, -0.25) is 0 Å². The lowest BCUT2D eigenvalue weighted by Crippen LogP contribution is -2.16. The minimum absolute atomic E-state index is 0.118. The van der Waals surface area contributed by atoms with Crippen LogP contribution in [0.5, 0.6) is 0 Å². The Labute approximate surface area is 225 Å². The number of fused-ring (bicyclic) bond motifs is 1. The molecule has 0 atom stereocenters. The predicted octanol–water partition coefficient (Wildman–Crippen LogP) is 6.84. The van der Waals surface area contributed by atoms with Crippen molar-refractivity contribution in [2.24, 2.45) is 0 Å². The van der Waals surface area contributed by atoms with Crippen LogP contribution < -0.4 is 5.63 Å². The van der Waals surface area contributed by atoms with Gasteiger partial charge in [0, 0.05) is 28.1 Å². The highest BCUT2D eigenvalue weighted by Gasteiger charge is 2.31. The fourth-order valence-corrected chi connectivity index (χ4v) is 6.22. The third kappa shape index (κ3) is 4.36. The Morgan fingerprint density at radius 3 is 2.00 bits per heavy atom. The van der Waals surface area contributed by atoms with E-state index < -0.39 is 15.6 Å². The van der Waals surface area contributed by atoms with Gasteiger partial charge in [-0.15, -0.1) is 0 Å². The van der Waals surface area contributed by atoms with E-state index in [1.54, 1.807) is 30.3 Å². The second kappa shape index (κ2) is 9.53. The molecule has 0 saturated carbocycles. The molecule has 6 rings (SSSR count). The van der Waals surface area contributed by atoms with Crippen LogP contribution in [0.4, 0.5) is 0 Å². The summed E-state index contributed by atoms with van der Waals surface area (Å²) in [7, 11) is -4.17. The van der Waals surface area contributed by atoms with Gasteiger partial charge in [0.05, 0.1) is 16.3 Å². The second-order valence-corrected chi connectivity index (χ2v) is 11.2. The average molecular weight is 533 g/mol. The highest BCUT2D eigenvalue weighted by Crippen LogP contribution is 2.40. The molecule has 0 spiro atoms. The summed E-state index contributed by atoms with van der Waals surface area (Å²) in [6.45, 7) is 3.83. The first-order valence-corrected chi connectivity index (χ1v) is 13.9. The van der Waals surface area contributed by atoms with Crippen LogP contribution in [-0.2, 0) is 10.0 Å². The smallest absolute Gasteiger partial charge is 0.336 e. The van der Waals surface area contributed by atoms with Gasteiger partial charge in [0.25, 0.3) is 10.0 Å². The van der Waals surface area contributed by atoms with E-state index in [9.17, 15) is 13.2 Å². The van der Waals surface area contributed by atoms with Crippen molar-refractivity contribution in [3.63, 3.8) is 0 Å². The number of benzene rings is 4. The molecule has 192 valence electrons. The number of aromatic nitrogens is 2. The number of imidazole rings is 1. The summed E-state index contributed by atoms with van der Waals surface area (Å²) in [5.74, 6) is 0.136. The Morgan fingerprint density at radius 1 is 0.718 bits per heavy atom. The van der Waals surface area contributed by atoms with Crippen molar-refractivity contribution in [2.45, 2.75) is 18.7 Å². The van der Waals surface area contributed by atoms with Gasteiger partial charge in [-0.25, -0.2) is 22.2 Å². The molecule has 0 aliphatic heterocycles. The topological polar surface area (TPSA) is 82.2 Å². The first-order chi connectivity index (χ1) is 18.8. The Hall–Kier alpha value is -4.75. The monoisotopic (exact) mass is 532 g/mol. The molecule has 4 aromatic carbocycles. The van der Waals surface area contributed by atoms with Gasteiger partial charge in [0.2, 0.25) is 0 Å². The van der Waals surface area contributed by atoms with Crippen LogP contribution in [0, 0.1) is 13.8 Å². The van der Waals surface area contributed by atoms with Gasteiger partial charge in [-0.05, 0) is 38.1 Å². The molecular weight excluding hydrogens is 508 g/mol. The normalized spacial score (nSPS) is 11.6. The molecule has 2 heterocycles. The number of aryl methyl sites for hydroxylation is 2. The zero-order valence-corrected chi connectivity index (χ0v) is 22.1. The van der Waals surface area contributed by atoms with E-state index in [0.29, 0.717) is 33.5 Å². The molecule has 6 aromatic rings. The number of hydrogen-bond acceptors (Lipinski definition) is 5. The maximum absolute atomic E-state index is 14.5. The van der Waals surface area contributed by atoms with E-state index in [0.717, 1.165) is 16.7 Å². The maximum atomic E-state index is 14.5. The molecule has 0 fully saturated rings. The molecule has 0 bridgehead atoms. The molecule has 0 amide bonds. The molecule has 0 unspecified atom stereocenters. The molecular formula is C32H24N2O4S. The van der Waals surface area contributed by atoms with Crippen LogP contribution in [0.1, 0.15) is 11.1 Å². The molecule has 0 aliphatic carbocycles. The molecule has 0 aliphatic rings. The standard InChI is InChI=1S/C32H24N2O4S/c1-21-13-16-25(17-14-21)39(36,37)34-31(24-11-7-4-8-12-24)30(23-9-5-3-6-10-23)33-32(34)27-20-29(35)38-28-18-15-22(2)19-26(27)28/h3-20H,1-2H3. The Bertz CT molecular complexity index is 1990.